The Labute approximate surface area is 84.1 Å². The minimum Gasteiger partial charge on any atom is -0.0654 e. The molecule has 0 N–H and O–H groups in total. The van der Waals surface area contributed by atoms with Gasteiger partial charge in [-0.3, -0.25) is 0 Å². The van der Waals surface area contributed by atoms with Crippen LogP contribution in [0.15, 0.2) is 0 Å². The summed E-state index contributed by atoms with van der Waals surface area (Å²) in [6.07, 6.45) is 11.7. The van der Waals surface area contributed by atoms with Crippen LogP contribution in [0.2, 0.25) is 0 Å². The van der Waals surface area contributed by atoms with Crippen molar-refractivity contribution in [3.8, 4) is 0 Å². The van der Waals surface area contributed by atoms with Crippen LogP contribution >= 0.6 is 0 Å². The van der Waals surface area contributed by atoms with E-state index < -0.39 is 0 Å². The second kappa shape index (κ2) is 5.02. The molecule has 78 valence electrons. The molecule has 0 bridgehead atoms. The molecule has 0 amide bonds. The topological polar surface area (TPSA) is 0 Å². The summed E-state index contributed by atoms with van der Waals surface area (Å²) in [6, 6.07) is 0. The largest absolute Gasteiger partial charge is 0.0654 e. The molecule has 1 saturated carbocycles. The first-order chi connectivity index (χ1) is 6.14. The highest BCUT2D eigenvalue weighted by molar-refractivity contribution is 4.76. The lowest BCUT2D eigenvalue weighted by Gasteiger charge is -2.27. The van der Waals surface area contributed by atoms with Gasteiger partial charge in [0.2, 0.25) is 0 Å². The van der Waals surface area contributed by atoms with Crippen LogP contribution in [0.5, 0.6) is 0 Å². The van der Waals surface area contributed by atoms with Crippen molar-refractivity contribution >= 4 is 0 Å². The Morgan fingerprint density at radius 1 is 1.15 bits per heavy atom. The van der Waals surface area contributed by atoms with E-state index in [4.69, 9.17) is 0 Å². The summed E-state index contributed by atoms with van der Waals surface area (Å²) in [4.78, 5) is 0. The Kier molecular flexibility index (Phi) is 4.28. The number of unbranched alkanes of at least 4 members (excludes halogenated alkanes) is 1. The Morgan fingerprint density at radius 2 is 1.77 bits per heavy atom. The lowest BCUT2D eigenvalue weighted by Crippen LogP contribution is -2.15. The molecule has 0 aromatic carbocycles. The van der Waals surface area contributed by atoms with E-state index >= 15 is 0 Å². The van der Waals surface area contributed by atoms with Gasteiger partial charge in [0.1, 0.15) is 0 Å². The summed E-state index contributed by atoms with van der Waals surface area (Å²) in [6.45, 7) is 7.22. The second-order valence-corrected chi connectivity index (χ2v) is 5.62. The fourth-order valence-electron chi connectivity index (χ4n) is 2.75. The Bertz CT molecular complexity index is 129. The number of hydrogen-bond donors (Lipinski definition) is 0. The van der Waals surface area contributed by atoms with E-state index in [-0.39, 0.29) is 0 Å². The first-order valence-corrected chi connectivity index (χ1v) is 6.14. The van der Waals surface area contributed by atoms with Crippen LogP contribution in [0, 0.1) is 11.3 Å². The maximum absolute atomic E-state index is 2.46. The molecule has 1 aliphatic rings. The van der Waals surface area contributed by atoms with Crippen molar-refractivity contribution in [2.45, 2.75) is 72.1 Å². The van der Waals surface area contributed by atoms with Gasteiger partial charge in [-0.25, -0.2) is 0 Å². The third kappa shape index (κ3) is 4.15. The number of hydrogen-bond acceptors (Lipinski definition) is 0. The molecule has 0 atom stereocenters. The van der Waals surface area contributed by atoms with Gasteiger partial charge in [0.15, 0.2) is 0 Å². The van der Waals surface area contributed by atoms with Crippen molar-refractivity contribution in [3.05, 3.63) is 0 Å². The summed E-state index contributed by atoms with van der Waals surface area (Å²) >= 11 is 0. The van der Waals surface area contributed by atoms with E-state index in [1.165, 1.54) is 51.4 Å². The van der Waals surface area contributed by atoms with Gasteiger partial charge in [-0.1, -0.05) is 59.3 Å². The predicted molar refractivity (Wildman–Crippen MR) is 59.9 cm³/mol. The van der Waals surface area contributed by atoms with E-state index in [1.807, 2.05) is 0 Å². The van der Waals surface area contributed by atoms with Crippen molar-refractivity contribution in [2.75, 3.05) is 0 Å². The molecule has 1 rings (SSSR count). The zero-order valence-electron chi connectivity index (χ0n) is 9.73. The van der Waals surface area contributed by atoms with E-state index in [1.54, 1.807) is 0 Å². The van der Waals surface area contributed by atoms with Crippen LogP contribution in [0.3, 0.4) is 0 Å². The van der Waals surface area contributed by atoms with Crippen LogP contribution in [0.25, 0.3) is 0 Å². The van der Waals surface area contributed by atoms with Crippen LogP contribution < -0.4 is 0 Å². The maximum atomic E-state index is 2.46. The Hall–Kier alpha value is 0. The fourth-order valence-corrected chi connectivity index (χ4v) is 2.75. The van der Waals surface area contributed by atoms with Crippen molar-refractivity contribution < 1.29 is 0 Å². The quantitative estimate of drug-likeness (QED) is 0.574. The highest BCUT2D eigenvalue weighted by atomic mass is 14.3. The van der Waals surface area contributed by atoms with Gasteiger partial charge in [0.05, 0.1) is 0 Å². The molecule has 13 heavy (non-hydrogen) atoms. The molecular formula is C13H26. The molecule has 0 spiro atoms. The number of rotatable bonds is 5. The minimum absolute atomic E-state index is 0.616. The van der Waals surface area contributed by atoms with Gasteiger partial charge in [-0.15, -0.1) is 0 Å². The van der Waals surface area contributed by atoms with Gasteiger partial charge in [-0.2, -0.15) is 0 Å². The summed E-state index contributed by atoms with van der Waals surface area (Å²) in [7, 11) is 0. The van der Waals surface area contributed by atoms with Gasteiger partial charge >= 0.3 is 0 Å². The maximum Gasteiger partial charge on any atom is -0.0352 e. The molecule has 0 radical (unpaired) electrons. The zero-order valence-corrected chi connectivity index (χ0v) is 9.73. The first-order valence-electron chi connectivity index (χ1n) is 6.14. The monoisotopic (exact) mass is 182 g/mol. The normalized spacial score (nSPS) is 19.6. The van der Waals surface area contributed by atoms with Crippen LogP contribution in [-0.4, -0.2) is 0 Å². The van der Waals surface area contributed by atoms with Crippen LogP contribution in [0.1, 0.15) is 72.1 Å². The average molecular weight is 182 g/mol. The smallest absolute Gasteiger partial charge is 0.0352 e. The molecular weight excluding hydrogens is 156 g/mol. The highest BCUT2D eigenvalue weighted by Crippen LogP contribution is 2.38. The lowest BCUT2D eigenvalue weighted by molar-refractivity contribution is 0.243. The van der Waals surface area contributed by atoms with Gasteiger partial charge in [-0.05, 0) is 24.2 Å². The van der Waals surface area contributed by atoms with Crippen molar-refractivity contribution in [3.63, 3.8) is 0 Å². The van der Waals surface area contributed by atoms with Crippen molar-refractivity contribution in [2.24, 2.45) is 11.3 Å². The van der Waals surface area contributed by atoms with Gasteiger partial charge < -0.3 is 0 Å². The standard InChI is InChI=1S/C13H26/c1-4-5-10-13(2,3)11-12-8-6-7-9-12/h12H,4-11H2,1-3H3. The van der Waals surface area contributed by atoms with Gasteiger partial charge in [0.25, 0.3) is 0 Å². The molecule has 0 aromatic rings. The summed E-state index contributed by atoms with van der Waals surface area (Å²) < 4.78 is 0. The molecule has 0 aliphatic heterocycles. The molecule has 0 unspecified atom stereocenters. The molecule has 0 aromatic heterocycles. The summed E-state index contributed by atoms with van der Waals surface area (Å²) in [5.74, 6) is 1.06. The van der Waals surface area contributed by atoms with Crippen LogP contribution in [0.4, 0.5) is 0 Å². The van der Waals surface area contributed by atoms with E-state index in [0.29, 0.717) is 5.41 Å². The second-order valence-electron chi connectivity index (χ2n) is 5.62. The predicted octanol–water partition coefficient (Wildman–Crippen LogP) is 4.78. The summed E-state index contributed by atoms with van der Waals surface area (Å²) in [5, 5.41) is 0. The Morgan fingerprint density at radius 3 is 2.31 bits per heavy atom. The highest BCUT2D eigenvalue weighted by Gasteiger charge is 2.24. The van der Waals surface area contributed by atoms with Gasteiger partial charge in [0, 0.05) is 0 Å². The van der Waals surface area contributed by atoms with Crippen LogP contribution in [-0.2, 0) is 0 Å². The van der Waals surface area contributed by atoms with Crippen molar-refractivity contribution in [1.29, 1.82) is 0 Å². The fraction of sp³-hybridized carbons (Fsp3) is 1.00. The van der Waals surface area contributed by atoms with E-state index in [2.05, 4.69) is 20.8 Å². The molecule has 1 fully saturated rings. The van der Waals surface area contributed by atoms with E-state index in [9.17, 15) is 0 Å². The van der Waals surface area contributed by atoms with Crippen molar-refractivity contribution in [1.82, 2.24) is 0 Å². The minimum atomic E-state index is 0.616. The molecule has 1 aliphatic carbocycles. The summed E-state index contributed by atoms with van der Waals surface area (Å²) in [5.41, 5.74) is 0.616. The molecule has 0 nitrogen and oxygen atoms in total. The molecule has 0 heteroatoms. The van der Waals surface area contributed by atoms with E-state index in [0.717, 1.165) is 5.92 Å². The zero-order chi connectivity index (χ0) is 9.73. The Balaban J connectivity index is 2.23. The average Bonchev–Trinajstić information content (AvgIpc) is 2.52. The molecule has 0 heterocycles. The first kappa shape index (κ1) is 11.1. The third-order valence-electron chi connectivity index (χ3n) is 3.52. The molecule has 0 saturated heterocycles. The SMILES string of the molecule is CCCCC(C)(C)CC1CCCC1. The lowest BCUT2D eigenvalue weighted by atomic mass is 9.78. The third-order valence-corrected chi connectivity index (χ3v) is 3.52.